The summed E-state index contributed by atoms with van der Waals surface area (Å²) in [6.07, 6.45) is 3.63. The highest BCUT2D eigenvalue weighted by molar-refractivity contribution is 5.88. The fourth-order valence-corrected chi connectivity index (χ4v) is 2.76. The first kappa shape index (κ1) is 14.6. The zero-order valence-corrected chi connectivity index (χ0v) is 12.4. The normalized spacial score (nSPS) is 17.7. The molecular formula is C16H20N4O2. The molecule has 1 fully saturated rings. The van der Waals surface area contributed by atoms with Crippen LogP contribution < -0.4 is 5.32 Å². The molecule has 2 amide bonds. The average molecular weight is 300 g/mol. The Labute approximate surface area is 129 Å². The molecule has 1 atom stereocenters. The molecule has 6 heteroatoms. The third-order valence-electron chi connectivity index (χ3n) is 3.91. The highest BCUT2D eigenvalue weighted by Crippen LogP contribution is 2.18. The van der Waals surface area contributed by atoms with Gasteiger partial charge in [0, 0.05) is 18.8 Å². The third-order valence-corrected chi connectivity index (χ3v) is 3.91. The standard InChI is InChI=1S/C16H20N4O2/c21-12-14-7-4-9-20(14)16(22)17-15-8-10-19(18-15)11-13-5-2-1-3-6-13/h1-3,5-6,8,10,14,21H,4,7,9,11-12H2,(H,17,18,22)/t14-/m1/s1. The van der Waals surface area contributed by atoms with Crippen LogP contribution in [0.4, 0.5) is 10.6 Å². The molecule has 0 unspecified atom stereocenters. The summed E-state index contributed by atoms with van der Waals surface area (Å²) in [5, 5.41) is 16.4. The summed E-state index contributed by atoms with van der Waals surface area (Å²) in [5.41, 5.74) is 1.16. The first-order valence-electron chi connectivity index (χ1n) is 7.52. The number of aromatic nitrogens is 2. The van der Waals surface area contributed by atoms with Crippen molar-refractivity contribution in [2.75, 3.05) is 18.5 Å². The molecule has 0 spiro atoms. The van der Waals surface area contributed by atoms with Crippen LogP contribution in [0.2, 0.25) is 0 Å². The number of likely N-dealkylation sites (tertiary alicyclic amines) is 1. The first-order chi connectivity index (χ1) is 10.8. The molecule has 2 aromatic rings. The second-order valence-electron chi connectivity index (χ2n) is 5.49. The van der Waals surface area contributed by atoms with Gasteiger partial charge in [0.1, 0.15) is 0 Å². The summed E-state index contributed by atoms with van der Waals surface area (Å²) >= 11 is 0. The summed E-state index contributed by atoms with van der Waals surface area (Å²) < 4.78 is 1.79. The highest BCUT2D eigenvalue weighted by atomic mass is 16.3. The van der Waals surface area contributed by atoms with E-state index in [0.717, 1.165) is 18.4 Å². The number of nitrogens with zero attached hydrogens (tertiary/aromatic N) is 3. The Bertz CT molecular complexity index is 626. The minimum atomic E-state index is -0.193. The Morgan fingerprint density at radius 3 is 2.91 bits per heavy atom. The van der Waals surface area contributed by atoms with Crippen LogP contribution in [-0.2, 0) is 6.54 Å². The van der Waals surface area contributed by atoms with Crippen LogP contribution in [-0.4, -0.2) is 45.0 Å². The lowest BCUT2D eigenvalue weighted by molar-refractivity contribution is 0.166. The van der Waals surface area contributed by atoms with Crippen LogP contribution in [0.5, 0.6) is 0 Å². The molecule has 0 bridgehead atoms. The van der Waals surface area contributed by atoms with Gasteiger partial charge in [-0.15, -0.1) is 0 Å². The molecule has 1 aromatic carbocycles. The van der Waals surface area contributed by atoms with Crippen molar-refractivity contribution in [1.82, 2.24) is 14.7 Å². The number of carbonyl (C=O) groups excluding carboxylic acids is 1. The van der Waals surface area contributed by atoms with Crippen molar-refractivity contribution in [3.05, 3.63) is 48.2 Å². The van der Waals surface area contributed by atoms with Crippen LogP contribution in [0.15, 0.2) is 42.6 Å². The van der Waals surface area contributed by atoms with Crippen molar-refractivity contribution in [3.8, 4) is 0 Å². The molecule has 3 rings (SSSR count). The number of anilines is 1. The number of hydrogen-bond acceptors (Lipinski definition) is 3. The number of benzene rings is 1. The lowest BCUT2D eigenvalue weighted by atomic mass is 10.2. The summed E-state index contributed by atoms with van der Waals surface area (Å²) in [6, 6.07) is 11.5. The van der Waals surface area contributed by atoms with E-state index in [0.29, 0.717) is 18.9 Å². The zero-order chi connectivity index (χ0) is 15.4. The van der Waals surface area contributed by atoms with Crippen LogP contribution in [0, 0.1) is 0 Å². The highest BCUT2D eigenvalue weighted by Gasteiger charge is 2.28. The molecule has 0 saturated carbocycles. The predicted molar refractivity (Wildman–Crippen MR) is 83.6 cm³/mol. The fourth-order valence-electron chi connectivity index (χ4n) is 2.76. The van der Waals surface area contributed by atoms with Crippen LogP contribution in [0.1, 0.15) is 18.4 Å². The lowest BCUT2D eigenvalue weighted by Crippen LogP contribution is -2.40. The van der Waals surface area contributed by atoms with E-state index in [9.17, 15) is 9.90 Å². The molecule has 2 heterocycles. The molecule has 6 nitrogen and oxygen atoms in total. The Hall–Kier alpha value is -2.34. The largest absolute Gasteiger partial charge is 0.394 e. The predicted octanol–water partition coefficient (Wildman–Crippen LogP) is 1.92. The Morgan fingerprint density at radius 2 is 2.14 bits per heavy atom. The van der Waals surface area contributed by atoms with E-state index in [2.05, 4.69) is 10.4 Å². The van der Waals surface area contributed by atoms with Crippen molar-refractivity contribution in [3.63, 3.8) is 0 Å². The third kappa shape index (κ3) is 3.28. The number of rotatable bonds is 4. The van der Waals surface area contributed by atoms with Gasteiger partial charge in [0.05, 0.1) is 19.2 Å². The summed E-state index contributed by atoms with van der Waals surface area (Å²) in [6.45, 7) is 1.36. The van der Waals surface area contributed by atoms with Gasteiger partial charge in [-0.25, -0.2) is 4.79 Å². The van der Waals surface area contributed by atoms with Crippen LogP contribution in [0.3, 0.4) is 0 Å². The maximum atomic E-state index is 12.2. The lowest BCUT2D eigenvalue weighted by Gasteiger charge is -2.22. The first-order valence-corrected chi connectivity index (χ1v) is 7.52. The summed E-state index contributed by atoms with van der Waals surface area (Å²) in [4.78, 5) is 13.9. The molecular weight excluding hydrogens is 280 g/mol. The van der Waals surface area contributed by atoms with E-state index in [-0.39, 0.29) is 18.7 Å². The van der Waals surface area contributed by atoms with Crippen molar-refractivity contribution < 1.29 is 9.90 Å². The quantitative estimate of drug-likeness (QED) is 0.906. The number of aliphatic hydroxyl groups is 1. The molecule has 0 radical (unpaired) electrons. The Kier molecular flexibility index (Phi) is 4.39. The van der Waals surface area contributed by atoms with Crippen LogP contribution in [0.25, 0.3) is 0 Å². The van der Waals surface area contributed by atoms with Gasteiger partial charge >= 0.3 is 6.03 Å². The van der Waals surface area contributed by atoms with Gasteiger partial charge < -0.3 is 10.0 Å². The van der Waals surface area contributed by atoms with Crippen molar-refractivity contribution in [2.24, 2.45) is 0 Å². The monoisotopic (exact) mass is 300 g/mol. The van der Waals surface area contributed by atoms with Crippen molar-refractivity contribution in [2.45, 2.75) is 25.4 Å². The minimum absolute atomic E-state index is 0.00979. The average Bonchev–Trinajstić information content (AvgIpc) is 3.17. The van der Waals surface area contributed by atoms with Gasteiger partial charge in [0.2, 0.25) is 0 Å². The van der Waals surface area contributed by atoms with E-state index in [1.54, 1.807) is 15.6 Å². The zero-order valence-electron chi connectivity index (χ0n) is 12.4. The number of aliphatic hydroxyl groups excluding tert-OH is 1. The SMILES string of the molecule is O=C(Nc1ccn(Cc2ccccc2)n1)N1CCC[C@@H]1CO. The van der Waals surface area contributed by atoms with Crippen LogP contribution >= 0.6 is 0 Å². The maximum Gasteiger partial charge on any atom is 0.323 e. The molecule has 1 saturated heterocycles. The smallest absolute Gasteiger partial charge is 0.323 e. The summed E-state index contributed by atoms with van der Waals surface area (Å²) in [5.74, 6) is 0.532. The second kappa shape index (κ2) is 6.62. The Balaban J connectivity index is 1.61. The van der Waals surface area contributed by atoms with Gasteiger partial charge in [-0.2, -0.15) is 5.10 Å². The van der Waals surface area contributed by atoms with Gasteiger partial charge in [-0.05, 0) is 18.4 Å². The van der Waals surface area contributed by atoms with E-state index in [4.69, 9.17) is 0 Å². The van der Waals surface area contributed by atoms with Gasteiger partial charge in [-0.3, -0.25) is 10.00 Å². The molecule has 0 aliphatic carbocycles. The number of carbonyl (C=O) groups is 1. The van der Waals surface area contributed by atoms with Gasteiger partial charge in [0.25, 0.3) is 0 Å². The number of nitrogens with one attached hydrogen (secondary N) is 1. The summed E-state index contributed by atoms with van der Waals surface area (Å²) in [7, 11) is 0. The van der Waals surface area contributed by atoms with E-state index < -0.39 is 0 Å². The number of urea groups is 1. The number of hydrogen-bond donors (Lipinski definition) is 2. The Morgan fingerprint density at radius 1 is 1.32 bits per heavy atom. The molecule has 1 aliphatic heterocycles. The van der Waals surface area contributed by atoms with E-state index in [1.165, 1.54) is 0 Å². The number of amides is 2. The molecule has 116 valence electrons. The van der Waals surface area contributed by atoms with Crippen molar-refractivity contribution >= 4 is 11.8 Å². The molecule has 1 aliphatic rings. The topological polar surface area (TPSA) is 70.4 Å². The van der Waals surface area contributed by atoms with Crippen molar-refractivity contribution in [1.29, 1.82) is 0 Å². The van der Waals surface area contributed by atoms with E-state index >= 15 is 0 Å². The molecule has 1 aromatic heterocycles. The molecule has 2 N–H and O–H groups in total. The fraction of sp³-hybridized carbons (Fsp3) is 0.375. The second-order valence-corrected chi connectivity index (χ2v) is 5.49. The maximum absolute atomic E-state index is 12.2. The van der Waals surface area contributed by atoms with Gasteiger partial charge in [-0.1, -0.05) is 30.3 Å². The molecule has 22 heavy (non-hydrogen) atoms. The van der Waals surface area contributed by atoms with E-state index in [1.807, 2.05) is 36.5 Å². The minimum Gasteiger partial charge on any atom is -0.394 e. The van der Waals surface area contributed by atoms with Gasteiger partial charge in [0.15, 0.2) is 5.82 Å².